The molecule has 0 atom stereocenters. The summed E-state index contributed by atoms with van der Waals surface area (Å²) in [5, 5.41) is 22.7. The molecule has 178 valence electrons. The van der Waals surface area contributed by atoms with Gasteiger partial charge in [0.05, 0.1) is 16.9 Å². The number of aromatic nitrogens is 3. The van der Waals surface area contributed by atoms with Crippen molar-refractivity contribution in [3.8, 4) is 6.07 Å². The fourth-order valence-electron chi connectivity index (χ4n) is 4.31. The van der Waals surface area contributed by atoms with Crippen LogP contribution in [0.1, 0.15) is 35.5 Å². The van der Waals surface area contributed by atoms with E-state index >= 15 is 0 Å². The predicted octanol–water partition coefficient (Wildman–Crippen LogP) is 3.62. The molecule has 2 N–H and O–H groups in total. The topological polar surface area (TPSA) is 104 Å². The second-order valence-corrected chi connectivity index (χ2v) is 9.72. The van der Waals surface area contributed by atoms with Crippen molar-refractivity contribution in [1.82, 2.24) is 14.5 Å². The number of aryl methyl sites for hydroxylation is 1. The van der Waals surface area contributed by atoms with Crippen LogP contribution >= 0.6 is 11.8 Å². The number of anilines is 1. The first-order valence-corrected chi connectivity index (χ1v) is 12.1. The van der Waals surface area contributed by atoms with Crippen LogP contribution in [0, 0.1) is 18.3 Å². The van der Waals surface area contributed by atoms with Gasteiger partial charge in [0.1, 0.15) is 23.8 Å². The normalized spacial score (nSPS) is 15.8. The van der Waals surface area contributed by atoms with Crippen LogP contribution in [0.4, 0.5) is 14.6 Å². The molecule has 0 spiro atoms. The van der Waals surface area contributed by atoms with E-state index in [2.05, 4.69) is 21.4 Å². The Balaban J connectivity index is 1.77. The highest BCUT2D eigenvalue weighted by atomic mass is 32.2. The number of aliphatic hydroxyl groups is 1. The summed E-state index contributed by atoms with van der Waals surface area (Å²) in [7, 11) is 1.66. The van der Waals surface area contributed by atoms with E-state index in [4.69, 9.17) is 5.11 Å². The molecule has 3 aromatic rings. The van der Waals surface area contributed by atoms with Gasteiger partial charge in [0.2, 0.25) is 0 Å². The maximum Gasteiger partial charge on any atom is 0.295 e. The van der Waals surface area contributed by atoms with Crippen LogP contribution in [-0.2, 0) is 24.9 Å². The minimum atomic E-state index is -3.33. The number of nitrogens with zero attached hydrogens (tertiary/aromatic N) is 4. The molecule has 3 heterocycles. The van der Waals surface area contributed by atoms with E-state index in [9.17, 15) is 18.8 Å². The van der Waals surface area contributed by atoms with Crippen LogP contribution in [0.15, 0.2) is 35.1 Å². The molecule has 1 fully saturated rings. The van der Waals surface area contributed by atoms with Crippen molar-refractivity contribution in [3.63, 3.8) is 0 Å². The minimum absolute atomic E-state index is 0.172. The molecule has 0 saturated carbocycles. The van der Waals surface area contributed by atoms with E-state index in [0.29, 0.717) is 41.1 Å². The number of fused-ring (bicyclic) bond motifs is 1. The smallest absolute Gasteiger partial charge is 0.295 e. The van der Waals surface area contributed by atoms with E-state index in [1.807, 2.05) is 6.07 Å². The molecule has 0 bridgehead atoms. The van der Waals surface area contributed by atoms with Crippen molar-refractivity contribution in [2.45, 2.75) is 37.6 Å². The third-order valence-corrected chi connectivity index (χ3v) is 7.25. The van der Waals surface area contributed by atoms with Gasteiger partial charge in [-0.25, -0.2) is 9.97 Å². The molecular formula is C24H25F2N5O2S. The monoisotopic (exact) mass is 485 g/mol. The van der Waals surface area contributed by atoms with Crippen LogP contribution in [0.5, 0.6) is 0 Å². The van der Waals surface area contributed by atoms with Crippen molar-refractivity contribution < 1.29 is 13.9 Å². The summed E-state index contributed by atoms with van der Waals surface area (Å²) in [6.07, 6.45) is 1.29. The van der Waals surface area contributed by atoms with Crippen molar-refractivity contribution in [1.29, 1.82) is 5.26 Å². The van der Waals surface area contributed by atoms with Gasteiger partial charge < -0.3 is 15.0 Å². The Morgan fingerprint density at radius 1 is 1.29 bits per heavy atom. The minimum Gasteiger partial charge on any atom is -0.390 e. The molecule has 1 saturated heterocycles. The Hall–Kier alpha value is -3.03. The lowest BCUT2D eigenvalue weighted by Gasteiger charge is -2.32. The summed E-state index contributed by atoms with van der Waals surface area (Å²) >= 11 is 1.79. The molecule has 2 aromatic heterocycles. The molecule has 10 heteroatoms. The van der Waals surface area contributed by atoms with Gasteiger partial charge in [-0.1, -0.05) is 18.2 Å². The number of hydrogen-bond acceptors (Lipinski definition) is 7. The second kappa shape index (κ2) is 9.31. The summed E-state index contributed by atoms with van der Waals surface area (Å²) in [6.45, 7) is 0.575. The van der Waals surface area contributed by atoms with Crippen LogP contribution < -0.4 is 10.9 Å². The Labute approximate surface area is 199 Å². The summed E-state index contributed by atoms with van der Waals surface area (Å²) < 4.78 is 29.3. The molecule has 0 amide bonds. The van der Waals surface area contributed by atoms with Gasteiger partial charge in [-0.15, -0.1) is 0 Å². The number of halogens is 2. The summed E-state index contributed by atoms with van der Waals surface area (Å²) in [6, 6.07) is 10.1. The van der Waals surface area contributed by atoms with Crippen molar-refractivity contribution in [3.05, 3.63) is 63.3 Å². The van der Waals surface area contributed by atoms with Gasteiger partial charge >= 0.3 is 0 Å². The van der Waals surface area contributed by atoms with Gasteiger partial charge in [0.15, 0.2) is 0 Å². The van der Waals surface area contributed by atoms with Gasteiger partial charge in [0, 0.05) is 24.8 Å². The molecule has 1 aliphatic rings. The zero-order valence-electron chi connectivity index (χ0n) is 18.9. The molecule has 4 rings (SSSR count). The summed E-state index contributed by atoms with van der Waals surface area (Å²) in [5.41, 5.74) is 0.0865. The van der Waals surface area contributed by atoms with E-state index in [1.54, 1.807) is 31.8 Å². The van der Waals surface area contributed by atoms with Crippen LogP contribution in [0.25, 0.3) is 10.9 Å². The molecule has 34 heavy (non-hydrogen) atoms. The maximum atomic E-state index is 13.9. The molecule has 0 aliphatic carbocycles. The number of nitrogens with one attached hydrogen (secondary N) is 1. The first kappa shape index (κ1) is 24.1. The number of pyridine rings is 1. The standard InChI is InChI=1S/C24H25F2N5O2S/c1-15-29-20-18(11-19(31(2)22(20)33)23(13-27)6-8-34-9-7-23)21(30-15)28-12-16-4-3-5-17(10-16)24(25,26)14-32/h3-5,10-11,32H,6-9,12,14H2,1-2H3,(H,28,29,30). The predicted molar refractivity (Wildman–Crippen MR) is 128 cm³/mol. The van der Waals surface area contributed by atoms with Gasteiger partial charge in [-0.05, 0) is 49.0 Å². The number of rotatable bonds is 6. The van der Waals surface area contributed by atoms with Crippen LogP contribution in [0.2, 0.25) is 0 Å². The van der Waals surface area contributed by atoms with Crippen LogP contribution in [-0.4, -0.2) is 37.8 Å². The van der Waals surface area contributed by atoms with Crippen molar-refractivity contribution >= 4 is 28.5 Å². The third-order valence-electron chi connectivity index (χ3n) is 6.27. The third kappa shape index (κ3) is 4.38. The molecule has 0 radical (unpaired) electrons. The highest BCUT2D eigenvalue weighted by Crippen LogP contribution is 2.38. The number of hydrogen-bond donors (Lipinski definition) is 2. The molecule has 1 aliphatic heterocycles. The van der Waals surface area contributed by atoms with E-state index in [0.717, 1.165) is 11.5 Å². The van der Waals surface area contributed by atoms with Crippen molar-refractivity contribution in [2.24, 2.45) is 7.05 Å². The second-order valence-electron chi connectivity index (χ2n) is 8.50. The Kier molecular flexibility index (Phi) is 6.60. The van der Waals surface area contributed by atoms with E-state index < -0.39 is 17.9 Å². The molecule has 1 aromatic carbocycles. The lowest BCUT2D eigenvalue weighted by Crippen LogP contribution is -2.36. The zero-order chi connectivity index (χ0) is 24.5. The van der Waals surface area contributed by atoms with E-state index in [1.165, 1.54) is 22.8 Å². The number of benzene rings is 1. The number of aliphatic hydroxyl groups excluding tert-OH is 1. The SMILES string of the molecule is Cc1nc(NCc2cccc(C(F)(F)CO)c2)c2cc(C3(C#N)CCSCC3)n(C)c(=O)c2n1. The molecule has 7 nitrogen and oxygen atoms in total. The Morgan fingerprint density at radius 3 is 2.71 bits per heavy atom. The first-order chi connectivity index (χ1) is 16.2. The van der Waals surface area contributed by atoms with Gasteiger partial charge in [-0.3, -0.25) is 4.79 Å². The molecular weight excluding hydrogens is 460 g/mol. The number of alkyl halides is 2. The van der Waals surface area contributed by atoms with E-state index in [-0.39, 0.29) is 23.2 Å². The number of nitriles is 1. The maximum absolute atomic E-state index is 13.9. The fourth-order valence-corrected chi connectivity index (χ4v) is 5.50. The largest absolute Gasteiger partial charge is 0.390 e. The summed E-state index contributed by atoms with van der Waals surface area (Å²) in [4.78, 5) is 22.0. The molecule has 0 unspecified atom stereocenters. The summed E-state index contributed by atoms with van der Waals surface area (Å²) in [5.74, 6) is -0.864. The quantitative estimate of drug-likeness (QED) is 0.550. The lowest BCUT2D eigenvalue weighted by molar-refractivity contribution is -0.0556. The average molecular weight is 486 g/mol. The highest BCUT2D eigenvalue weighted by molar-refractivity contribution is 7.99. The first-order valence-electron chi connectivity index (χ1n) is 10.9. The van der Waals surface area contributed by atoms with Crippen LogP contribution in [0.3, 0.4) is 0 Å². The fraction of sp³-hybridized carbons (Fsp3) is 0.417. The Bertz CT molecular complexity index is 1330. The zero-order valence-corrected chi connectivity index (χ0v) is 19.8. The van der Waals surface area contributed by atoms with Gasteiger partial charge in [0.25, 0.3) is 11.5 Å². The average Bonchev–Trinajstić information content (AvgIpc) is 2.85. The highest BCUT2D eigenvalue weighted by Gasteiger charge is 2.37. The number of thioether (sulfide) groups is 1. The Morgan fingerprint density at radius 2 is 2.03 bits per heavy atom. The van der Waals surface area contributed by atoms with Crippen molar-refractivity contribution in [2.75, 3.05) is 23.4 Å². The lowest BCUT2D eigenvalue weighted by atomic mass is 9.79. The van der Waals surface area contributed by atoms with Gasteiger partial charge in [-0.2, -0.15) is 25.8 Å².